The van der Waals surface area contributed by atoms with E-state index in [2.05, 4.69) is 20.5 Å². The average Bonchev–Trinajstić information content (AvgIpc) is 2.93. The topological polar surface area (TPSA) is 93.8 Å². The van der Waals surface area contributed by atoms with Crippen LogP contribution in [0.2, 0.25) is 0 Å². The van der Waals surface area contributed by atoms with E-state index in [4.69, 9.17) is 5.73 Å². The highest BCUT2D eigenvalue weighted by atomic mass is 32.1. The van der Waals surface area contributed by atoms with Crippen molar-refractivity contribution >= 4 is 33.1 Å². The van der Waals surface area contributed by atoms with E-state index in [1.54, 1.807) is 6.20 Å². The number of rotatable bonds is 3. The molecule has 0 spiro atoms. The molecule has 7 heteroatoms. The molecule has 2 aromatic heterocycles. The van der Waals surface area contributed by atoms with E-state index in [1.165, 1.54) is 11.3 Å². The fourth-order valence-electron chi connectivity index (χ4n) is 2.05. The first kappa shape index (κ1) is 13.4. The van der Waals surface area contributed by atoms with Crippen molar-refractivity contribution < 1.29 is 4.79 Å². The van der Waals surface area contributed by atoms with Crippen LogP contribution in [0.4, 0.5) is 5.13 Å². The molecule has 1 unspecified atom stereocenters. The predicted molar refractivity (Wildman–Crippen MR) is 81.9 cm³/mol. The molecule has 0 fully saturated rings. The van der Waals surface area contributed by atoms with Crippen LogP contribution in [0.1, 0.15) is 28.5 Å². The number of benzene rings is 1. The van der Waals surface area contributed by atoms with Gasteiger partial charge in [0.25, 0.3) is 5.91 Å². The molecule has 106 valence electrons. The maximum atomic E-state index is 12.4. The van der Waals surface area contributed by atoms with Gasteiger partial charge in [0.1, 0.15) is 10.7 Å². The average molecular weight is 299 g/mol. The molecule has 3 aromatic rings. The summed E-state index contributed by atoms with van der Waals surface area (Å²) in [6.45, 7) is 1.84. The molecule has 6 nitrogen and oxygen atoms in total. The molecular weight excluding hydrogens is 286 g/mol. The van der Waals surface area contributed by atoms with Gasteiger partial charge in [-0.05, 0) is 18.4 Å². The van der Waals surface area contributed by atoms with Gasteiger partial charge < -0.3 is 11.1 Å². The van der Waals surface area contributed by atoms with Gasteiger partial charge >= 0.3 is 0 Å². The Hall–Kier alpha value is -2.54. The van der Waals surface area contributed by atoms with Crippen LogP contribution in [0.3, 0.4) is 0 Å². The lowest BCUT2D eigenvalue weighted by atomic mass is 10.1. The molecule has 0 aliphatic rings. The normalized spacial score (nSPS) is 12.2. The number of anilines is 1. The van der Waals surface area contributed by atoms with E-state index in [9.17, 15) is 4.79 Å². The zero-order chi connectivity index (χ0) is 14.8. The number of nitrogen functional groups attached to an aromatic ring is 1. The fraction of sp³-hybridized carbons (Fsp3) is 0.143. The van der Waals surface area contributed by atoms with Crippen molar-refractivity contribution in [2.24, 2.45) is 0 Å². The Kier molecular flexibility index (Phi) is 3.49. The molecule has 1 amide bonds. The van der Waals surface area contributed by atoms with Crippen LogP contribution in [0.5, 0.6) is 0 Å². The number of carbonyl (C=O) groups is 1. The molecule has 0 radical (unpaired) electrons. The number of hydrogen-bond donors (Lipinski definition) is 2. The summed E-state index contributed by atoms with van der Waals surface area (Å²) in [5, 5.41) is 13.4. The second-order valence-electron chi connectivity index (χ2n) is 4.55. The molecule has 0 aliphatic heterocycles. The quantitative estimate of drug-likeness (QED) is 0.773. The Morgan fingerprint density at radius 1 is 1.29 bits per heavy atom. The van der Waals surface area contributed by atoms with Crippen molar-refractivity contribution in [2.45, 2.75) is 13.0 Å². The summed E-state index contributed by atoms with van der Waals surface area (Å²) < 4.78 is 0. The monoisotopic (exact) mass is 299 g/mol. The van der Waals surface area contributed by atoms with E-state index in [0.29, 0.717) is 15.8 Å². The molecule has 1 atom stereocenters. The first-order chi connectivity index (χ1) is 10.1. The van der Waals surface area contributed by atoms with E-state index >= 15 is 0 Å². The number of nitrogens with two attached hydrogens (primary N) is 1. The lowest BCUT2D eigenvalue weighted by molar-refractivity contribution is 0.0936. The van der Waals surface area contributed by atoms with Crippen LogP contribution < -0.4 is 11.1 Å². The summed E-state index contributed by atoms with van der Waals surface area (Å²) in [5.74, 6) is -0.243. The van der Waals surface area contributed by atoms with Gasteiger partial charge in [-0.3, -0.25) is 9.78 Å². The molecule has 2 heterocycles. The number of hydrogen-bond acceptors (Lipinski definition) is 6. The van der Waals surface area contributed by atoms with Crippen molar-refractivity contribution in [1.82, 2.24) is 20.5 Å². The standard InChI is InChI=1S/C14H13N5OS/c1-8(13-18-19-14(15)21-13)17-12(20)11-10-5-3-2-4-9(10)6-7-16-11/h2-8H,1H3,(H2,15,19)(H,17,20). The van der Waals surface area contributed by atoms with Crippen LogP contribution in [0.25, 0.3) is 10.8 Å². The lowest BCUT2D eigenvalue weighted by Crippen LogP contribution is -2.27. The van der Waals surface area contributed by atoms with Gasteiger partial charge in [0.05, 0.1) is 6.04 Å². The van der Waals surface area contributed by atoms with E-state index in [1.807, 2.05) is 37.3 Å². The zero-order valence-electron chi connectivity index (χ0n) is 11.3. The maximum absolute atomic E-state index is 12.4. The summed E-state index contributed by atoms with van der Waals surface area (Å²) in [7, 11) is 0. The SMILES string of the molecule is CC(NC(=O)c1nccc2ccccc12)c1nnc(N)s1. The summed E-state index contributed by atoms with van der Waals surface area (Å²) in [5.41, 5.74) is 5.95. The Morgan fingerprint density at radius 2 is 2.10 bits per heavy atom. The number of aromatic nitrogens is 3. The maximum Gasteiger partial charge on any atom is 0.271 e. The molecule has 0 bridgehead atoms. The highest BCUT2D eigenvalue weighted by Gasteiger charge is 2.17. The highest BCUT2D eigenvalue weighted by Crippen LogP contribution is 2.20. The first-order valence-electron chi connectivity index (χ1n) is 6.38. The fourth-order valence-corrected chi connectivity index (χ4v) is 2.66. The third-order valence-corrected chi connectivity index (χ3v) is 4.00. The zero-order valence-corrected chi connectivity index (χ0v) is 12.1. The molecule has 3 N–H and O–H groups in total. The second kappa shape index (κ2) is 5.45. The Balaban J connectivity index is 1.87. The molecule has 0 saturated carbocycles. The number of fused-ring (bicyclic) bond motifs is 1. The number of pyridine rings is 1. The van der Waals surface area contributed by atoms with Crippen LogP contribution in [0, 0.1) is 0 Å². The molecular formula is C14H13N5OS. The third kappa shape index (κ3) is 2.68. The molecule has 21 heavy (non-hydrogen) atoms. The van der Waals surface area contributed by atoms with Gasteiger partial charge in [-0.2, -0.15) is 0 Å². The molecule has 3 rings (SSSR count). The molecule has 1 aromatic carbocycles. The predicted octanol–water partition coefficient (Wildman–Crippen LogP) is 2.16. The number of amides is 1. The first-order valence-corrected chi connectivity index (χ1v) is 7.20. The van der Waals surface area contributed by atoms with Crippen molar-refractivity contribution in [1.29, 1.82) is 0 Å². The van der Waals surface area contributed by atoms with Gasteiger partial charge in [-0.15, -0.1) is 10.2 Å². The van der Waals surface area contributed by atoms with Crippen molar-refractivity contribution in [2.75, 3.05) is 5.73 Å². The van der Waals surface area contributed by atoms with Crippen LogP contribution in [-0.4, -0.2) is 21.1 Å². The highest BCUT2D eigenvalue weighted by molar-refractivity contribution is 7.15. The minimum absolute atomic E-state index is 0.243. The molecule has 0 saturated heterocycles. The van der Waals surface area contributed by atoms with Crippen LogP contribution in [-0.2, 0) is 0 Å². The van der Waals surface area contributed by atoms with E-state index in [0.717, 1.165) is 10.8 Å². The van der Waals surface area contributed by atoms with E-state index in [-0.39, 0.29) is 11.9 Å². The lowest BCUT2D eigenvalue weighted by Gasteiger charge is -2.11. The third-order valence-electron chi connectivity index (χ3n) is 3.06. The number of carbonyl (C=O) groups excluding carboxylic acids is 1. The summed E-state index contributed by atoms with van der Waals surface area (Å²) in [6.07, 6.45) is 1.63. The van der Waals surface area contributed by atoms with Crippen LogP contribution >= 0.6 is 11.3 Å². The minimum Gasteiger partial charge on any atom is -0.374 e. The van der Waals surface area contributed by atoms with Gasteiger partial charge in [0.2, 0.25) is 5.13 Å². The van der Waals surface area contributed by atoms with E-state index < -0.39 is 0 Å². The summed E-state index contributed by atoms with van der Waals surface area (Å²) in [4.78, 5) is 16.6. The summed E-state index contributed by atoms with van der Waals surface area (Å²) >= 11 is 1.26. The Morgan fingerprint density at radius 3 is 2.86 bits per heavy atom. The number of nitrogens with zero attached hydrogens (tertiary/aromatic N) is 3. The number of nitrogens with one attached hydrogen (secondary N) is 1. The smallest absolute Gasteiger partial charge is 0.271 e. The Bertz CT molecular complexity index is 795. The Labute approximate surface area is 125 Å². The van der Waals surface area contributed by atoms with Crippen molar-refractivity contribution in [3.05, 3.63) is 47.2 Å². The van der Waals surface area contributed by atoms with Gasteiger partial charge in [-0.25, -0.2) is 0 Å². The van der Waals surface area contributed by atoms with Gasteiger partial charge in [-0.1, -0.05) is 35.6 Å². The van der Waals surface area contributed by atoms with Gasteiger partial charge in [0, 0.05) is 11.6 Å². The van der Waals surface area contributed by atoms with Crippen molar-refractivity contribution in [3.8, 4) is 0 Å². The van der Waals surface area contributed by atoms with Crippen molar-refractivity contribution in [3.63, 3.8) is 0 Å². The summed E-state index contributed by atoms with van der Waals surface area (Å²) in [6, 6.07) is 9.24. The second-order valence-corrected chi connectivity index (χ2v) is 5.60. The van der Waals surface area contributed by atoms with Crippen LogP contribution in [0.15, 0.2) is 36.5 Å². The largest absolute Gasteiger partial charge is 0.374 e. The minimum atomic E-state index is -0.270. The molecule has 0 aliphatic carbocycles. The van der Waals surface area contributed by atoms with Gasteiger partial charge in [0.15, 0.2) is 0 Å².